The van der Waals surface area contributed by atoms with Crippen LogP contribution in [0.15, 0.2) is 12.2 Å². The zero-order valence-corrected chi connectivity index (χ0v) is 9.11. The number of aliphatic hydroxyl groups is 1. The molecule has 3 aliphatic rings. The Kier molecular flexibility index (Phi) is 2.83. The van der Waals surface area contributed by atoms with Gasteiger partial charge in [0, 0.05) is 12.7 Å². The van der Waals surface area contributed by atoms with Crippen LogP contribution in [0.1, 0.15) is 26.2 Å². The summed E-state index contributed by atoms with van der Waals surface area (Å²) in [6.07, 6.45) is 6.85. The number of carbonyl (C=O) groups excluding carboxylic acids is 1. The van der Waals surface area contributed by atoms with Gasteiger partial charge in [0.05, 0.1) is 6.61 Å². The Bertz CT molecular complexity index is 277. The lowest BCUT2D eigenvalue weighted by Gasteiger charge is -2.35. The second-order valence-electron chi connectivity index (χ2n) is 4.76. The summed E-state index contributed by atoms with van der Waals surface area (Å²) in [5, 5.41) is 9.12. The molecule has 2 bridgehead atoms. The summed E-state index contributed by atoms with van der Waals surface area (Å²) in [5.41, 5.74) is 0.199. The molecule has 1 atom stereocenters. The minimum atomic E-state index is -0.247. The number of esters is 1. The van der Waals surface area contributed by atoms with Crippen molar-refractivity contribution < 1.29 is 14.6 Å². The molecule has 3 saturated carbocycles. The number of hydrogen-bond acceptors (Lipinski definition) is 3. The van der Waals surface area contributed by atoms with Crippen molar-refractivity contribution in [2.45, 2.75) is 26.2 Å². The average Bonchev–Trinajstić information content (AvgIpc) is 2.68. The van der Waals surface area contributed by atoms with Crippen molar-refractivity contribution in [3.8, 4) is 0 Å². The predicted octanol–water partition coefficient (Wildman–Crippen LogP) is 1.51. The van der Waals surface area contributed by atoms with Crippen LogP contribution in [0.5, 0.6) is 0 Å². The molecule has 0 saturated heterocycles. The Morgan fingerprint density at radius 1 is 1.53 bits per heavy atom. The van der Waals surface area contributed by atoms with Gasteiger partial charge >= 0.3 is 5.97 Å². The van der Waals surface area contributed by atoms with Gasteiger partial charge in [-0.2, -0.15) is 0 Å². The Hall–Kier alpha value is -0.830. The molecule has 1 N–H and O–H groups in total. The van der Waals surface area contributed by atoms with Crippen molar-refractivity contribution >= 4 is 5.97 Å². The fourth-order valence-electron chi connectivity index (χ4n) is 3.03. The van der Waals surface area contributed by atoms with E-state index < -0.39 is 0 Å². The third kappa shape index (κ3) is 1.93. The van der Waals surface area contributed by atoms with Crippen molar-refractivity contribution in [3.05, 3.63) is 12.2 Å². The Morgan fingerprint density at radius 2 is 2.27 bits per heavy atom. The molecule has 0 aromatic rings. The monoisotopic (exact) mass is 210 g/mol. The first-order valence-corrected chi connectivity index (χ1v) is 5.66. The SMILES string of the molecule is CCOC(=O)/C=C/C12CC(C1)[C@H](CO)C2. The fraction of sp³-hybridized carbons (Fsp3) is 0.750. The Labute approximate surface area is 90.1 Å². The third-order valence-corrected chi connectivity index (χ3v) is 3.77. The van der Waals surface area contributed by atoms with E-state index in [2.05, 4.69) is 0 Å². The number of fused-ring (bicyclic) bond motifs is 1. The number of hydrogen-bond donors (Lipinski definition) is 1. The second-order valence-corrected chi connectivity index (χ2v) is 4.76. The summed E-state index contributed by atoms with van der Waals surface area (Å²) >= 11 is 0. The minimum Gasteiger partial charge on any atom is -0.463 e. The van der Waals surface area contributed by atoms with Crippen LogP contribution in [0.2, 0.25) is 0 Å². The van der Waals surface area contributed by atoms with E-state index in [9.17, 15) is 4.79 Å². The van der Waals surface area contributed by atoms with Crippen LogP contribution in [-0.2, 0) is 9.53 Å². The second kappa shape index (κ2) is 3.97. The molecule has 84 valence electrons. The first kappa shape index (κ1) is 10.7. The van der Waals surface area contributed by atoms with Gasteiger partial charge in [-0.25, -0.2) is 4.79 Å². The van der Waals surface area contributed by atoms with Crippen molar-refractivity contribution in [1.82, 2.24) is 0 Å². The first-order chi connectivity index (χ1) is 7.19. The molecule has 0 unspecified atom stereocenters. The van der Waals surface area contributed by atoms with E-state index in [4.69, 9.17) is 9.84 Å². The van der Waals surface area contributed by atoms with E-state index in [0.29, 0.717) is 25.0 Å². The summed E-state index contributed by atoms with van der Waals surface area (Å²) in [6.45, 7) is 2.53. The van der Waals surface area contributed by atoms with Crippen LogP contribution in [-0.4, -0.2) is 24.3 Å². The molecule has 3 heteroatoms. The molecular weight excluding hydrogens is 192 g/mol. The lowest BCUT2D eigenvalue weighted by Crippen LogP contribution is -2.26. The number of carbonyl (C=O) groups is 1. The molecule has 0 amide bonds. The summed E-state index contributed by atoms with van der Waals surface area (Å²) in [4.78, 5) is 11.2. The molecule has 15 heavy (non-hydrogen) atoms. The van der Waals surface area contributed by atoms with Crippen LogP contribution < -0.4 is 0 Å². The van der Waals surface area contributed by atoms with Crippen LogP contribution in [0.25, 0.3) is 0 Å². The van der Waals surface area contributed by atoms with E-state index in [1.807, 2.05) is 6.08 Å². The van der Waals surface area contributed by atoms with Crippen LogP contribution >= 0.6 is 0 Å². The van der Waals surface area contributed by atoms with Gasteiger partial charge in [0.2, 0.25) is 0 Å². The Balaban J connectivity index is 1.89. The van der Waals surface area contributed by atoms with Crippen LogP contribution in [0, 0.1) is 17.3 Å². The van der Waals surface area contributed by atoms with Gasteiger partial charge in [0.15, 0.2) is 0 Å². The van der Waals surface area contributed by atoms with Crippen molar-refractivity contribution in [2.24, 2.45) is 17.3 Å². The molecule has 3 aliphatic carbocycles. The molecule has 0 aromatic carbocycles. The first-order valence-electron chi connectivity index (χ1n) is 5.66. The third-order valence-electron chi connectivity index (χ3n) is 3.77. The predicted molar refractivity (Wildman–Crippen MR) is 56.1 cm³/mol. The van der Waals surface area contributed by atoms with E-state index in [-0.39, 0.29) is 11.4 Å². The lowest BCUT2D eigenvalue weighted by molar-refractivity contribution is -0.137. The quantitative estimate of drug-likeness (QED) is 0.565. The minimum absolute atomic E-state index is 0.199. The summed E-state index contributed by atoms with van der Waals surface area (Å²) in [7, 11) is 0. The van der Waals surface area contributed by atoms with Gasteiger partial charge in [-0.15, -0.1) is 0 Å². The maximum Gasteiger partial charge on any atom is 0.330 e. The molecule has 0 radical (unpaired) electrons. The molecule has 0 spiro atoms. The molecule has 3 nitrogen and oxygen atoms in total. The molecule has 0 aliphatic heterocycles. The summed E-state index contributed by atoms with van der Waals surface area (Å²) in [5.74, 6) is 0.890. The zero-order valence-electron chi connectivity index (χ0n) is 9.11. The molecule has 3 fully saturated rings. The number of rotatable bonds is 4. The fourth-order valence-corrected chi connectivity index (χ4v) is 3.03. The molecule has 0 aromatic heterocycles. The molecule has 3 rings (SSSR count). The molecular formula is C12H18O3. The summed E-state index contributed by atoms with van der Waals surface area (Å²) < 4.78 is 4.84. The highest BCUT2D eigenvalue weighted by Gasteiger charge is 2.53. The lowest BCUT2D eigenvalue weighted by atomic mass is 9.69. The van der Waals surface area contributed by atoms with Gasteiger partial charge in [-0.1, -0.05) is 6.08 Å². The van der Waals surface area contributed by atoms with Crippen molar-refractivity contribution in [2.75, 3.05) is 13.2 Å². The van der Waals surface area contributed by atoms with Gasteiger partial charge in [-0.3, -0.25) is 0 Å². The number of allylic oxidation sites excluding steroid dienone is 1. The Morgan fingerprint density at radius 3 is 2.80 bits per heavy atom. The largest absolute Gasteiger partial charge is 0.463 e. The van der Waals surface area contributed by atoms with Gasteiger partial charge < -0.3 is 9.84 Å². The highest BCUT2D eigenvalue weighted by Crippen LogP contribution is 2.62. The topological polar surface area (TPSA) is 46.5 Å². The van der Waals surface area contributed by atoms with Gasteiger partial charge in [0.1, 0.15) is 0 Å². The van der Waals surface area contributed by atoms with Crippen LogP contribution in [0.3, 0.4) is 0 Å². The average molecular weight is 210 g/mol. The maximum absolute atomic E-state index is 11.2. The molecule has 0 heterocycles. The maximum atomic E-state index is 11.2. The smallest absolute Gasteiger partial charge is 0.330 e. The zero-order chi connectivity index (χ0) is 10.9. The number of ether oxygens (including phenoxy) is 1. The van der Waals surface area contributed by atoms with Crippen LogP contribution in [0.4, 0.5) is 0 Å². The van der Waals surface area contributed by atoms with E-state index in [1.165, 1.54) is 0 Å². The van der Waals surface area contributed by atoms with Gasteiger partial charge in [0.25, 0.3) is 0 Å². The van der Waals surface area contributed by atoms with Crippen molar-refractivity contribution in [1.29, 1.82) is 0 Å². The normalized spacial score (nSPS) is 38.0. The van der Waals surface area contributed by atoms with E-state index in [0.717, 1.165) is 19.3 Å². The van der Waals surface area contributed by atoms with E-state index >= 15 is 0 Å². The van der Waals surface area contributed by atoms with E-state index in [1.54, 1.807) is 13.0 Å². The van der Waals surface area contributed by atoms with Crippen molar-refractivity contribution in [3.63, 3.8) is 0 Å². The van der Waals surface area contributed by atoms with Gasteiger partial charge in [-0.05, 0) is 43.4 Å². The summed E-state index contributed by atoms with van der Waals surface area (Å²) in [6, 6.07) is 0. The number of aliphatic hydroxyl groups excluding tert-OH is 1. The standard InChI is InChI=1S/C12H18O3/c1-2-15-11(14)3-4-12-5-9(6-12)10(7-12)8-13/h3-4,9-10,13H,2,5-8H2,1H3/b4-3+/t9?,10-,12?/m0/s1. The highest BCUT2D eigenvalue weighted by molar-refractivity contribution is 5.82. The highest BCUT2D eigenvalue weighted by atomic mass is 16.5.